The molecule has 1 heterocycles. The fourth-order valence-electron chi connectivity index (χ4n) is 1.82. The smallest absolute Gasteiger partial charge is 0.169 e. The van der Waals surface area contributed by atoms with E-state index in [9.17, 15) is 4.79 Å². The van der Waals surface area contributed by atoms with Crippen molar-refractivity contribution in [3.05, 3.63) is 29.8 Å². The van der Waals surface area contributed by atoms with Gasteiger partial charge in [-0.1, -0.05) is 12.1 Å². The zero-order valence-electron chi connectivity index (χ0n) is 8.81. The Morgan fingerprint density at radius 3 is 2.56 bits per heavy atom. The third kappa shape index (κ3) is 3.11. The van der Waals surface area contributed by atoms with Gasteiger partial charge in [-0.3, -0.25) is 4.79 Å². The highest BCUT2D eigenvalue weighted by molar-refractivity contribution is 6.02. The molecule has 1 aliphatic rings. The summed E-state index contributed by atoms with van der Waals surface area (Å²) in [7, 11) is 0. The van der Waals surface area contributed by atoms with Crippen molar-refractivity contribution >= 4 is 36.3 Å². The van der Waals surface area contributed by atoms with Crippen molar-refractivity contribution in [2.75, 3.05) is 18.8 Å². The van der Waals surface area contributed by atoms with Gasteiger partial charge < -0.3 is 11.1 Å². The second kappa shape index (κ2) is 6.74. The lowest BCUT2D eigenvalue weighted by Gasteiger charge is -2.08. The summed E-state index contributed by atoms with van der Waals surface area (Å²) in [5.41, 5.74) is 7.00. The van der Waals surface area contributed by atoms with Crippen LogP contribution in [0.5, 0.6) is 0 Å². The standard InChI is InChI=1S/C11H14N2O.2ClH/c12-10-4-2-1-3-9(10)11(14)8-5-6-13-7-8;;/h1-4,8,13H,5-7,12H2;2*1H. The lowest BCUT2D eigenvalue weighted by molar-refractivity contribution is 0.0931. The summed E-state index contributed by atoms with van der Waals surface area (Å²) < 4.78 is 0. The van der Waals surface area contributed by atoms with E-state index in [1.807, 2.05) is 12.1 Å². The Kier molecular flexibility index (Phi) is 6.41. The molecule has 0 amide bonds. The normalized spacial score (nSPS) is 18.4. The molecule has 1 unspecified atom stereocenters. The molecular formula is C11H16Cl2N2O. The first-order chi connectivity index (χ1) is 6.79. The van der Waals surface area contributed by atoms with Crippen molar-refractivity contribution in [2.45, 2.75) is 6.42 Å². The fourth-order valence-corrected chi connectivity index (χ4v) is 1.82. The minimum atomic E-state index is 0. The van der Waals surface area contributed by atoms with E-state index in [-0.39, 0.29) is 36.5 Å². The van der Waals surface area contributed by atoms with Crippen molar-refractivity contribution < 1.29 is 4.79 Å². The van der Waals surface area contributed by atoms with Crippen molar-refractivity contribution in [1.82, 2.24) is 5.32 Å². The summed E-state index contributed by atoms with van der Waals surface area (Å²) in [4.78, 5) is 11.9. The zero-order chi connectivity index (χ0) is 9.97. The van der Waals surface area contributed by atoms with Gasteiger partial charge in [-0.2, -0.15) is 0 Å². The third-order valence-corrected chi connectivity index (χ3v) is 2.66. The number of nitrogen functional groups attached to an aromatic ring is 1. The fraction of sp³-hybridized carbons (Fsp3) is 0.364. The van der Waals surface area contributed by atoms with Crippen LogP contribution < -0.4 is 11.1 Å². The van der Waals surface area contributed by atoms with Gasteiger partial charge in [0.2, 0.25) is 0 Å². The molecule has 5 heteroatoms. The van der Waals surface area contributed by atoms with Crippen LogP contribution in [0.25, 0.3) is 0 Å². The first-order valence-electron chi connectivity index (χ1n) is 4.88. The Morgan fingerprint density at radius 1 is 1.31 bits per heavy atom. The van der Waals surface area contributed by atoms with Gasteiger partial charge in [-0.05, 0) is 25.1 Å². The number of anilines is 1. The number of para-hydroxylation sites is 1. The molecule has 0 aromatic heterocycles. The molecular weight excluding hydrogens is 247 g/mol. The maximum atomic E-state index is 11.9. The number of hydrogen-bond donors (Lipinski definition) is 2. The number of ketones is 1. The van der Waals surface area contributed by atoms with Crippen LogP contribution in [0.3, 0.4) is 0 Å². The molecule has 16 heavy (non-hydrogen) atoms. The molecule has 3 N–H and O–H groups in total. The van der Waals surface area contributed by atoms with Crippen molar-refractivity contribution in [1.29, 1.82) is 0 Å². The van der Waals surface area contributed by atoms with Gasteiger partial charge in [0.15, 0.2) is 5.78 Å². The summed E-state index contributed by atoms with van der Waals surface area (Å²) in [5, 5.41) is 3.18. The van der Waals surface area contributed by atoms with E-state index in [0.29, 0.717) is 11.3 Å². The molecule has 1 aromatic rings. The average Bonchev–Trinajstić information content (AvgIpc) is 2.70. The summed E-state index contributed by atoms with van der Waals surface area (Å²) >= 11 is 0. The van der Waals surface area contributed by atoms with E-state index in [1.54, 1.807) is 12.1 Å². The van der Waals surface area contributed by atoms with Crippen LogP contribution in [-0.4, -0.2) is 18.9 Å². The van der Waals surface area contributed by atoms with Gasteiger partial charge >= 0.3 is 0 Å². The Hall–Kier alpha value is -0.770. The second-order valence-corrected chi connectivity index (χ2v) is 3.64. The molecule has 1 aliphatic heterocycles. The lowest BCUT2D eigenvalue weighted by atomic mass is 9.96. The maximum Gasteiger partial charge on any atom is 0.169 e. The number of halogens is 2. The lowest BCUT2D eigenvalue weighted by Crippen LogP contribution is -2.18. The number of rotatable bonds is 2. The number of hydrogen-bond acceptors (Lipinski definition) is 3. The third-order valence-electron chi connectivity index (χ3n) is 2.66. The largest absolute Gasteiger partial charge is 0.398 e. The number of nitrogens with one attached hydrogen (secondary N) is 1. The molecule has 1 aromatic carbocycles. The number of benzene rings is 1. The predicted molar refractivity (Wildman–Crippen MR) is 70.7 cm³/mol. The highest BCUT2D eigenvalue weighted by Crippen LogP contribution is 2.19. The molecule has 0 aliphatic carbocycles. The molecule has 3 nitrogen and oxygen atoms in total. The van der Waals surface area contributed by atoms with Crippen LogP contribution in [0, 0.1) is 5.92 Å². The van der Waals surface area contributed by atoms with Crippen LogP contribution in [0.2, 0.25) is 0 Å². The Morgan fingerprint density at radius 2 is 2.00 bits per heavy atom. The monoisotopic (exact) mass is 262 g/mol. The number of nitrogens with two attached hydrogens (primary N) is 1. The topological polar surface area (TPSA) is 55.1 Å². The van der Waals surface area contributed by atoms with E-state index in [1.165, 1.54) is 0 Å². The second-order valence-electron chi connectivity index (χ2n) is 3.64. The van der Waals surface area contributed by atoms with E-state index in [4.69, 9.17) is 5.73 Å². The molecule has 1 saturated heterocycles. The summed E-state index contributed by atoms with van der Waals surface area (Å²) in [6.07, 6.45) is 0.924. The molecule has 2 rings (SSSR count). The first kappa shape index (κ1) is 15.2. The maximum absolute atomic E-state index is 11.9. The molecule has 0 spiro atoms. The Bertz CT molecular complexity index is 352. The van der Waals surface area contributed by atoms with E-state index in [2.05, 4.69) is 5.32 Å². The van der Waals surface area contributed by atoms with E-state index >= 15 is 0 Å². The van der Waals surface area contributed by atoms with Gasteiger partial charge in [-0.25, -0.2) is 0 Å². The molecule has 90 valence electrons. The van der Waals surface area contributed by atoms with Gasteiger partial charge in [-0.15, -0.1) is 24.8 Å². The van der Waals surface area contributed by atoms with Crippen LogP contribution in [0.1, 0.15) is 16.8 Å². The Labute approximate surface area is 108 Å². The van der Waals surface area contributed by atoms with Gasteiger partial charge in [0.1, 0.15) is 0 Å². The highest BCUT2D eigenvalue weighted by Gasteiger charge is 2.24. The minimum Gasteiger partial charge on any atom is -0.398 e. The minimum absolute atomic E-state index is 0. The molecule has 0 radical (unpaired) electrons. The van der Waals surface area contributed by atoms with Crippen LogP contribution in [0.15, 0.2) is 24.3 Å². The summed E-state index contributed by atoms with van der Waals surface area (Å²) in [6, 6.07) is 7.27. The van der Waals surface area contributed by atoms with Gasteiger partial charge in [0.05, 0.1) is 0 Å². The average molecular weight is 263 g/mol. The predicted octanol–water partition coefficient (Wildman–Crippen LogP) is 1.90. The zero-order valence-corrected chi connectivity index (χ0v) is 10.4. The van der Waals surface area contributed by atoms with E-state index < -0.39 is 0 Å². The van der Waals surface area contributed by atoms with Gasteiger partial charge in [0, 0.05) is 23.7 Å². The van der Waals surface area contributed by atoms with Crippen molar-refractivity contribution in [3.63, 3.8) is 0 Å². The summed E-state index contributed by atoms with van der Waals surface area (Å²) in [5.74, 6) is 0.285. The van der Waals surface area contributed by atoms with Crippen LogP contribution in [-0.2, 0) is 0 Å². The Balaban J connectivity index is 0.00000112. The number of carbonyl (C=O) groups excluding carboxylic acids is 1. The van der Waals surface area contributed by atoms with Crippen molar-refractivity contribution in [3.8, 4) is 0 Å². The molecule has 0 saturated carbocycles. The summed E-state index contributed by atoms with van der Waals surface area (Å²) in [6.45, 7) is 1.72. The molecule has 0 bridgehead atoms. The van der Waals surface area contributed by atoms with E-state index in [0.717, 1.165) is 19.5 Å². The van der Waals surface area contributed by atoms with Crippen LogP contribution >= 0.6 is 24.8 Å². The van der Waals surface area contributed by atoms with Gasteiger partial charge in [0.25, 0.3) is 0 Å². The number of carbonyl (C=O) groups is 1. The van der Waals surface area contributed by atoms with Crippen LogP contribution in [0.4, 0.5) is 5.69 Å². The molecule has 1 atom stereocenters. The highest BCUT2D eigenvalue weighted by atomic mass is 35.5. The quantitative estimate of drug-likeness (QED) is 0.633. The molecule has 1 fully saturated rings. The number of Topliss-reactive ketones (excluding diaryl/α,β-unsaturated/α-hetero) is 1. The SMILES string of the molecule is Cl.Cl.Nc1ccccc1C(=O)C1CCNC1. The first-order valence-corrected chi connectivity index (χ1v) is 4.88. The van der Waals surface area contributed by atoms with Crippen molar-refractivity contribution in [2.24, 2.45) is 5.92 Å².